The van der Waals surface area contributed by atoms with E-state index in [1.165, 1.54) is 11.4 Å². The van der Waals surface area contributed by atoms with E-state index in [0.717, 1.165) is 12.0 Å². The zero-order chi connectivity index (χ0) is 15.5. The molecule has 0 aromatic rings. The molecule has 0 bridgehead atoms. The highest BCUT2D eigenvalue weighted by molar-refractivity contribution is 7.89. The van der Waals surface area contributed by atoms with E-state index in [4.69, 9.17) is 9.47 Å². The van der Waals surface area contributed by atoms with Crippen LogP contribution < -0.4 is 0 Å². The SMILES string of the molecule is COCC1=CCN(S(=O)(=O)C2CCCC2C(=O)OC)CC1. The van der Waals surface area contributed by atoms with Crippen molar-refractivity contribution in [2.45, 2.75) is 30.9 Å². The van der Waals surface area contributed by atoms with Crippen molar-refractivity contribution in [1.82, 2.24) is 4.31 Å². The van der Waals surface area contributed by atoms with Crippen LogP contribution in [0.15, 0.2) is 11.6 Å². The highest BCUT2D eigenvalue weighted by Gasteiger charge is 2.44. The first-order valence-electron chi connectivity index (χ1n) is 7.24. The number of carbonyl (C=O) groups excluding carboxylic acids is 1. The molecular formula is C14H23NO5S. The number of nitrogens with zero attached hydrogens (tertiary/aromatic N) is 1. The molecule has 2 unspecified atom stereocenters. The normalized spacial score (nSPS) is 27.4. The van der Waals surface area contributed by atoms with Gasteiger partial charge in [-0.2, -0.15) is 4.31 Å². The van der Waals surface area contributed by atoms with Gasteiger partial charge in [0.2, 0.25) is 10.0 Å². The molecule has 0 aromatic heterocycles. The molecule has 6 nitrogen and oxygen atoms in total. The molecule has 0 spiro atoms. The van der Waals surface area contributed by atoms with Crippen molar-refractivity contribution < 1.29 is 22.7 Å². The molecule has 0 saturated heterocycles. The second-order valence-electron chi connectivity index (χ2n) is 5.55. The van der Waals surface area contributed by atoms with E-state index in [-0.39, 0.29) is 0 Å². The van der Waals surface area contributed by atoms with E-state index in [0.29, 0.717) is 39.0 Å². The lowest BCUT2D eigenvalue weighted by atomic mass is 10.1. The molecule has 1 saturated carbocycles. The van der Waals surface area contributed by atoms with Crippen molar-refractivity contribution >= 4 is 16.0 Å². The number of hydrogen-bond donors (Lipinski definition) is 0. The van der Waals surface area contributed by atoms with E-state index in [1.54, 1.807) is 7.11 Å². The molecule has 2 aliphatic rings. The van der Waals surface area contributed by atoms with Crippen LogP contribution in [0.3, 0.4) is 0 Å². The average molecular weight is 317 g/mol. The number of methoxy groups -OCH3 is 2. The van der Waals surface area contributed by atoms with Crippen LogP contribution in [0.25, 0.3) is 0 Å². The number of sulfonamides is 1. The topological polar surface area (TPSA) is 72.9 Å². The molecule has 0 amide bonds. The summed E-state index contributed by atoms with van der Waals surface area (Å²) in [4.78, 5) is 11.8. The first-order valence-corrected chi connectivity index (χ1v) is 8.74. The van der Waals surface area contributed by atoms with Crippen LogP contribution in [-0.2, 0) is 24.3 Å². The molecule has 1 aliphatic carbocycles. The van der Waals surface area contributed by atoms with E-state index >= 15 is 0 Å². The van der Waals surface area contributed by atoms with Gasteiger partial charge in [-0.05, 0) is 24.8 Å². The fourth-order valence-corrected chi connectivity index (χ4v) is 5.27. The maximum atomic E-state index is 12.7. The molecule has 1 aliphatic heterocycles. The van der Waals surface area contributed by atoms with Gasteiger partial charge in [0.15, 0.2) is 0 Å². The molecule has 21 heavy (non-hydrogen) atoms. The summed E-state index contributed by atoms with van der Waals surface area (Å²) in [5, 5.41) is -0.637. The van der Waals surface area contributed by atoms with Crippen LogP contribution in [0.1, 0.15) is 25.7 Å². The lowest BCUT2D eigenvalue weighted by molar-refractivity contribution is -0.145. The first kappa shape index (κ1) is 16.5. The Morgan fingerprint density at radius 1 is 1.38 bits per heavy atom. The zero-order valence-electron chi connectivity index (χ0n) is 12.6. The molecule has 2 rings (SSSR count). The highest BCUT2D eigenvalue weighted by Crippen LogP contribution is 2.34. The lowest BCUT2D eigenvalue weighted by Crippen LogP contribution is -2.44. The summed E-state index contributed by atoms with van der Waals surface area (Å²) in [5.41, 5.74) is 1.12. The van der Waals surface area contributed by atoms with Gasteiger partial charge in [-0.15, -0.1) is 0 Å². The predicted octanol–water partition coefficient (Wildman–Crippen LogP) is 0.936. The van der Waals surface area contributed by atoms with Crippen molar-refractivity contribution in [3.8, 4) is 0 Å². The Morgan fingerprint density at radius 3 is 2.71 bits per heavy atom. The second-order valence-corrected chi connectivity index (χ2v) is 7.70. The quantitative estimate of drug-likeness (QED) is 0.557. The van der Waals surface area contributed by atoms with Gasteiger partial charge in [0.25, 0.3) is 0 Å². The average Bonchev–Trinajstić information content (AvgIpc) is 2.97. The van der Waals surface area contributed by atoms with Crippen LogP contribution in [0.2, 0.25) is 0 Å². The minimum atomic E-state index is -3.46. The third kappa shape index (κ3) is 3.46. The number of carbonyl (C=O) groups is 1. The molecule has 0 N–H and O–H groups in total. The summed E-state index contributed by atoms with van der Waals surface area (Å²) in [6.07, 6.45) is 4.47. The van der Waals surface area contributed by atoms with Gasteiger partial charge in [0.1, 0.15) is 0 Å². The standard InChI is InChI=1S/C14H23NO5S/c1-19-10-11-6-8-15(9-7-11)21(17,18)13-5-3-4-12(13)14(16)20-2/h6,12-13H,3-5,7-10H2,1-2H3. The summed E-state index contributed by atoms with van der Waals surface area (Å²) in [5.74, 6) is -0.932. The maximum Gasteiger partial charge on any atom is 0.310 e. The van der Waals surface area contributed by atoms with Gasteiger partial charge in [0, 0.05) is 20.2 Å². The number of ether oxygens (including phenoxy) is 2. The van der Waals surface area contributed by atoms with Gasteiger partial charge in [-0.3, -0.25) is 4.79 Å². The Morgan fingerprint density at radius 2 is 2.14 bits per heavy atom. The van der Waals surface area contributed by atoms with Crippen molar-refractivity contribution in [1.29, 1.82) is 0 Å². The lowest BCUT2D eigenvalue weighted by Gasteiger charge is -2.30. The van der Waals surface area contributed by atoms with Crippen LogP contribution in [0, 0.1) is 5.92 Å². The van der Waals surface area contributed by atoms with Crippen molar-refractivity contribution in [2.75, 3.05) is 33.9 Å². The van der Waals surface area contributed by atoms with Crippen LogP contribution in [0.4, 0.5) is 0 Å². The van der Waals surface area contributed by atoms with Gasteiger partial charge in [-0.1, -0.05) is 12.5 Å². The molecule has 7 heteroatoms. The Balaban J connectivity index is 2.10. The molecule has 120 valence electrons. The molecule has 1 fully saturated rings. The molecule has 1 heterocycles. The fraction of sp³-hybridized carbons (Fsp3) is 0.786. The summed E-state index contributed by atoms with van der Waals surface area (Å²) >= 11 is 0. The monoisotopic (exact) mass is 317 g/mol. The Hall–Kier alpha value is -0.920. The van der Waals surface area contributed by atoms with Crippen LogP contribution in [-0.4, -0.2) is 57.9 Å². The maximum absolute atomic E-state index is 12.7. The predicted molar refractivity (Wildman–Crippen MR) is 78.2 cm³/mol. The third-order valence-corrected chi connectivity index (χ3v) is 6.68. The molecule has 0 aromatic carbocycles. The minimum absolute atomic E-state index is 0.366. The van der Waals surface area contributed by atoms with Crippen molar-refractivity contribution in [3.63, 3.8) is 0 Å². The van der Waals surface area contributed by atoms with Crippen LogP contribution >= 0.6 is 0 Å². The molecule has 2 atom stereocenters. The second kappa shape index (κ2) is 6.89. The number of hydrogen-bond acceptors (Lipinski definition) is 5. The van der Waals surface area contributed by atoms with Crippen molar-refractivity contribution in [3.05, 3.63) is 11.6 Å². The van der Waals surface area contributed by atoms with Crippen LogP contribution in [0.5, 0.6) is 0 Å². The third-order valence-electron chi connectivity index (χ3n) is 4.29. The largest absolute Gasteiger partial charge is 0.469 e. The van der Waals surface area contributed by atoms with Gasteiger partial charge < -0.3 is 9.47 Å². The smallest absolute Gasteiger partial charge is 0.310 e. The Kier molecular flexibility index (Phi) is 5.40. The first-order chi connectivity index (χ1) is 10.0. The van der Waals surface area contributed by atoms with E-state index in [9.17, 15) is 13.2 Å². The van der Waals surface area contributed by atoms with Gasteiger partial charge in [0.05, 0.1) is 24.9 Å². The Bertz CT molecular complexity index is 513. The summed E-state index contributed by atoms with van der Waals surface area (Å²) in [7, 11) is -0.518. The summed E-state index contributed by atoms with van der Waals surface area (Å²) in [6.45, 7) is 1.37. The minimum Gasteiger partial charge on any atom is -0.469 e. The summed E-state index contributed by atoms with van der Waals surface area (Å²) < 4.78 is 36.8. The van der Waals surface area contributed by atoms with Crippen molar-refractivity contribution in [2.24, 2.45) is 5.92 Å². The van der Waals surface area contributed by atoms with E-state index < -0.39 is 27.2 Å². The van der Waals surface area contributed by atoms with E-state index in [2.05, 4.69) is 0 Å². The number of rotatable bonds is 5. The fourth-order valence-electron chi connectivity index (χ4n) is 3.14. The Labute approximate surface area is 126 Å². The molecule has 0 radical (unpaired) electrons. The molecular weight excluding hydrogens is 294 g/mol. The number of esters is 1. The van der Waals surface area contributed by atoms with Gasteiger partial charge in [-0.25, -0.2) is 8.42 Å². The summed E-state index contributed by atoms with van der Waals surface area (Å²) in [6, 6.07) is 0. The zero-order valence-corrected chi connectivity index (χ0v) is 13.4. The van der Waals surface area contributed by atoms with E-state index in [1.807, 2.05) is 6.08 Å². The highest BCUT2D eigenvalue weighted by atomic mass is 32.2. The van der Waals surface area contributed by atoms with Gasteiger partial charge >= 0.3 is 5.97 Å².